The average molecular weight is 290 g/mol. The molecule has 0 unspecified atom stereocenters. The lowest BCUT2D eigenvalue weighted by molar-refractivity contribution is 0.596. The maximum atomic E-state index is 9.20. The number of aryl methyl sites for hydroxylation is 1. The number of nitrogens with zero attached hydrogens (tertiary/aromatic N) is 4. The number of aromatic nitrogens is 3. The molecule has 2 heterocycles. The summed E-state index contributed by atoms with van der Waals surface area (Å²) >= 11 is 0. The van der Waals surface area contributed by atoms with E-state index in [9.17, 15) is 5.26 Å². The molecule has 0 fully saturated rings. The summed E-state index contributed by atoms with van der Waals surface area (Å²) in [5.74, 6) is 0. The highest BCUT2D eigenvalue weighted by molar-refractivity contribution is 5.89. The summed E-state index contributed by atoms with van der Waals surface area (Å²) in [5.41, 5.74) is 3.29. The Labute approximate surface area is 130 Å². The second-order valence-corrected chi connectivity index (χ2v) is 6.52. The Hall–Kier alpha value is -2.67. The summed E-state index contributed by atoms with van der Waals surface area (Å²) in [5, 5.41) is 15.6. The maximum absolute atomic E-state index is 9.20. The van der Waals surface area contributed by atoms with Crippen LogP contribution < -0.4 is 0 Å². The van der Waals surface area contributed by atoms with Crippen molar-refractivity contribution in [2.75, 3.05) is 0 Å². The van der Waals surface area contributed by atoms with Gasteiger partial charge in [0, 0.05) is 24.8 Å². The molecular formula is C18H18N4. The van der Waals surface area contributed by atoms with E-state index in [0.29, 0.717) is 5.69 Å². The fourth-order valence-corrected chi connectivity index (χ4v) is 2.73. The molecule has 4 nitrogen and oxygen atoms in total. The zero-order chi connectivity index (χ0) is 15.9. The van der Waals surface area contributed by atoms with Crippen molar-refractivity contribution in [3.05, 3.63) is 47.9 Å². The standard InChI is InChI=1S/C18H18N4/c1-18(2,3)15-7-5-6-12-8-16(20-10-13(12)15)14-11-22(4)21-17(14)9-19/h5-8,10-11H,1-4H3. The van der Waals surface area contributed by atoms with Gasteiger partial charge in [-0.3, -0.25) is 9.67 Å². The Bertz CT molecular complexity index is 892. The first-order valence-corrected chi connectivity index (χ1v) is 7.23. The molecule has 0 aliphatic rings. The predicted octanol–water partition coefficient (Wildman–Crippen LogP) is 3.80. The van der Waals surface area contributed by atoms with Crippen LogP contribution in [0.5, 0.6) is 0 Å². The first-order chi connectivity index (χ1) is 10.4. The molecule has 0 aliphatic heterocycles. The van der Waals surface area contributed by atoms with Gasteiger partial charge in [0.15, 0.2) is 5.69 Å². The maximum Gasteiger partial charge on any atom is 0.171 e. The quantitative estimate of drug-likeness (QED) is 0.685. The largest absolute Gasteiger partial charge is 0.274 e. The monoisotopic (exact) mass is 290 g/mol. The molecule has 0 saturated heterocycles. The molecule has 0 radical (unpaired) electrons. The Morgan fingerprint density at radius 3 is 2.68 bits per heavy atom. The number of rotatable bonds is 1. The van der Waals surface area contributed by atoms with Gasteiger partial charge in [-0.15, -0.1) is 0 Å². The Morgan fingerprint density at radius 2 is 2.00 bits per heavy atom. The van der Waals surface area contributed by atoms with Crippen molar-refractivity contribution in [1.29, 1.82) is 5.26 Å². The number of benzene rings is 1. The average Bonchev–Trinajstić information content (AvgIpc) is 2.86. The van der Waals surface area contributed by atoms with Crippen molar-refractivity contribution in [2.45, 2.75) is 26.2 Å². The van der Waals surface area contributed by atoms with E-state index < -0.39 is 0 Å². The molecule has 2 aromatic heterocycles. The number of pyridine rings is 1. The third kappa shape index (κ3) is 2.35. The normalized spacial score (nSPS) is 11.6. The minimum atomic E-state index is 0.0643. The molecule has 4 heteroatoms. The first-order valence-electron chi connectivity index (χ1n) is 7.23. The molecular weight excluding hydrogens is 272 g/mol. The van der Waals surface area contributed by atoms with Crippen molar-refractivity contribution in [2.24, 2.45) is 7.05 Å². The Kier molecular flexibility index (Phi) is 3.22. The molecule has 3 rings (SSSR count). The molecule has 0 bridgehead atoms. The van der Waals surface area contributed by atoms with Gasteiger partial charge >= 0.3 is 0 Å². The lowest BCUT2D eigenvalue weighted by atomic mass is 9.84. The molecule has 3 aromatic rings. The molecule has 0 N–H and O–H groups in total. The predicted molar refractivity (Wildman–Crippen MR) is 87.4 cm³/mol. The molecule has 0 amide bonds. The smallest absolute Gasteiger partial charge is 0.171 e. The third-order valence-corrected chi connectivity index (χ3v) is 3.78. The molecule has 0 spiro atoms. The van der Waals surface area contributed by atoms with E-state index in [-0.39, 0.29) is 5.41 Å². The molecule has 0 saturated carbocycles. The second-order valence-electron chi connectivity index (χ2n) is 6.52. The highest BCUT2D eigenvalue weighted by atomic mass is 15.3. The van der Waals surface area contributed by atoms with Crippen LogP contribution in [-0.4, -0.2) is 14.8 Å². The van der Waals surface area contributed by atoms with Crippen LogP contribution in [0.4, 0.5) is 0 Å². The number of fused-ring (bicyclic) bond motifs is 1. The lowest BCUT2D eigenvalue weighted by Crippen LogP contribution is -2.11. The topological polar surface area (TPSA) is 54.5 Å². The van der Waals surface area contributed by atoms with Crippen molar-refractivity contribution >= 4 is 10.8 Å². The SMILES string of the molecule is Cn1cc(-c2cc3cccc(C(C)(C)C)c3cn2)c(C#N)n1. The molecule has 110 valence electrons. The van der Waals surface area contributed by atoms with Gasteiger partial charge in [-0.05, 0) is 22.4 Å². The van der Waals surface area contributed by atoms with E-state index in [1.807, 2.05) is 25.5 Å². The summed E-state index contributed by atoms with van der Waals surface area (Å²) in [6, 6.07) is 10.5. The molecule has 0 aliphatic carbocycles. The highest BCUT2D eigenvalue weighted by Gasteiger charge is 2.18. The van der Waals surface area contributed by atoms with E-state index in [1.54, 1.807) is 4.68 Å². The zero-order valence-corrected chi connectivity index (χ0v) is 13.3. The fourth-order valence-electron chi connectivity index (χ4n) is 2.73. The molecule has 22 heavy (non-hydrogen) atoms. The van der Waals surface area contributed by atoms with E-state index in [2.05, 4.69) is 55.1 Å². The van der Waals surface area contributed by atoms with E-state index >= 15 is 0 Å². The fraction of sp³-hybridized carbons (Fsp3) is 0.278. The highest BCUT2D eigenvalue weighted by Crippen LogP contribution is 2.31. The number of nitriles is 1. The van der Waals surface area contributed by atoms with Crippen LogP contribution in [0.15, 0.2) is 36.7 Å². The van der Waals surface area contributed by atoms with Crippen LogP contribution in [0.3, 0.4) is 0 Å². The zero-order valence-electron chi connectivity index (χ0n) is 13.3. The van der Waals surface area contributed by atoms with Crippen molar-refractivity contribution < 1.29 is 0 Å². The van der Waals surface area contributed by atoms with Gasteiger partial charge in [0.2, 0.25) is 0 Å². The summed E-state index contributed by atoms with van der Waals surface area (Å²) in [7, 11) is 1.81. The van der Waals surface area contributed by atoms with Gasteiger partial charge in [-0.1, -0.05) is 39.0 Å². The van der Waals surface area contributed by atoms with Crippen LogP contribution in [0, 0.1) is 11.3 Å². The van der Waals surface area contributed by atoms with Gasteiger partial charge in [0.05, 0.1) is 11.3 Å². The van der Waals surface area contributed by atoms with Crippen LogP contribution in [0.1, 0.15) is 32.0 Å². The molecule has 0 atom stereocenters. The van der Waals surface area contributed by atoms with Gasteiger partial charge < -0.3 is 0 Å². The third-order valence-electron chi connectivity index (χ3n) is 3.78. The summed E-state index contributed by atoms with van der Waals surface area (Å²) < 4.78 is 1.64. The summed E-state index contributed by atoms with van der Waals surface area (Å²) in [4.78, 5) is 4.57. The van der Waals surface area contributed by atoms with E-state index in [4.69, 9.17) is 0 Å². The van der Waals surface area contributed by atoms with E-state index in [1.165, 1.54) is 5.56 Å². The van der Waals surface area contributed by atoms with Gasteiger partial charge in [-0.2, -0.15) is 10.4 Å². The van der Waals surface area contributed by atoms with Gasteiger partial charge in [-0.25, -0.2) is 0 Å². The minimum absolute atomic E-state index is 0.0643. The lowest BCUT2D eigenvalue weighted by Gasteiger charge is -2.21. The molecule has 1 aromatic carbocycles. The Balaban J connectivity index is 2.22. The second kappa shape index (κ2) is 4.96. The summed E-state index contributed by atoms with van der Waals surface area (Å²) in [6.07, 6.45) is 3.74. The number of hydrogen-bond donors (Lipinski definition) is 0. The van der Waals surface area contributed by atoms with Crippen molar-refractivity contribution in [1.82, 2.24) is 14.8 Å². The number of hydrogen-bond acceptors (Lipinski definition) is 3. The van der Waals surface area contributed by atoms with Crippen LogP contribution in [-0.2, 0) is 12.5 Å². The van der Waals surface area contributed by atoms with Gasteiger partial charge in [0.25, 0.3) is 0 Å². The van der Waals surface area contributed by atoms with E-state index in [0.717, 1.165) is 22.0 Å². The minimum Gasteiger partial charge on any atom is -0.274 e. The van der Waals surface area contributed by atoms with Crippen LogP contribution >= 0.6 is 0 Å². The van der Waals surface area contributed by atoms with Crippen LogP contribution in [0.25, 0.3) is 22.0 Å². The van der Waals surface area contributed by atoms with Crippen molar-refractivity contribution in [3.63, 3.8) is 0 Å². The van der Waals surface area contributed by atoms with Gasteiger partial charge in [0.1, 0.15) is 6.07 Å². The first kappa shape index (κ1) is 14.3. The summed E-state index contributed by atoms with van der Waals surface area (Å²) in [6.45, 7) is 6.60. The van der Waals surface area contributed by atoms with Crippen LogP contribution in [0.2, 0.25) is 0 Å². The van der Waals surface area contributed by atoms with Crippen molar-refractivity contribution in [3.8, 4) is 17.3 Å². The Morgan fingerprint density at radius 1 is 1.23 bits per heavy atom.